The van der Waals surface area contributed by atoms with Gasteiger partial charge in [0, 0.05) is 18.8 Å². The second-order valence-electron chi connectivity index (χ2n) is 5.19. The first-order chi connectivity index (χ1) is 9.16. The van der Waals surface area contributed by atoms with Crippen LogP contribution in [0, 0.1) is 5.92 Å². The lowest BCUT2D eigenvalue weighted by atomic mass is 10.0. The van der Waals surface area contributed by atoms with E-state index >= 15 is 0 Å². The van der Waals surface area contributed by atoms with Crippen LogP contribution in [0.3, 0.4) is 0 Å². The predicted octanol–water partition coefficient (Wildman–Crippen LogP) is 1.79. The Morgan fingerprint density at radius 2 is 2.05 bits per heavy atom. The number of fused-ring (bicyclic) bond motifs is 1. The third-order valence-corrected chi connectivity index (χ3v) is 3.75. The molecule has 0 aromatic heterocycles. The molecule has 1 aromatic rings. The van der Waals surface area contributed by atoms with Crippen molar-refractivity contribution in [2.24, 2.45) is 5.92 Å². The maximum Gasteiger partial charge on any atom is 0.321 e. The summed E-state index contributed by atoms with van der Waals surface area (Å²) in [6.07, 6.45) is 2.35. The van der Waals surface area contributed by atoms with Crippen molar-refractivity contribution >= 4 is 17.7 Å². The first kappa shape index (κ1) is 12.0. The summed E-state index contributed by atoms with van der Waals surface area (Å²) in [4.78, 5) is 24.9. The monoisotopic (exact) mass is 260 g/mol. The number of hydrogen-bond donors (Lipinski definition) is 2. The molecule has 1 aliphatic heterocycles. The SMILES string of the molecule is O=C(O)C1CN(C(=O)NCC2CC2)c2ccccc21. The average molecular weight is 260 g/mol. The molecular formula is C14H16N2O3. The number of anilines is 1. The second-order valence-corrected chi connectivity index (χ2v) is 5.19. The van der Waals surface area contributed by atoms with Gasteiger partial charge < -0.3 is 10.4 Å². The summed E-state index contributed by atoms with van der Waals surface area (Å²) >= 11 is 0. The fourth-order valence-corrected chi connectivity index (χ4v) is 2.46. The molecule has 0 saturated heterocycles. The van der Waals surface area contributed by atoms with Crippen LogP contribution < -0.4 is 10.2 Å². The molecular weight excluding hydrogens is 244 g/mol. The molecule has 1 aromatic carbocycles. The van der Waals surface area contributed by atoms with Crippen molar-refractivity contribution in [3.63, 3.8) is 0 Å². The molecule has 2 aliphatic rings. The van der Waals surface area contributed by atoms with E-state index in [1.54, 1.807) is 18.2 Å². The Morgan fingerprint density at radius 1 is 1.32 bits per heavy atom. The number of nitrogens with zero attached hydrogens (tertiary/aromatic N) is 1. The summed E-state index contributed by atoms with van der Waals surface area (Å²) in [7, 11) is 0. The van der Waals surface area contributed by atoms with Gasteiger partial charge in [-0.1, -0.05) is 18.2 Å². The van der Waals surface area contributed by atoms with E-state index < -0.39 is 11.9 Å². The van der Waals surface area contributed by atoms with E-state index in [1.165, 1.54) is 17.7 Å². The van der Waals surface area contributed by atoms with Crippen molar-refractivity contribution in [2.75, 3.05) is 18.0 Å². The van der Waals surface area contributed by atoms with Gasteiger partial charge >= 0.3 is 12.0 Å². The van der Waals surface area contributed by atoms with Crippen molar-refractivity contribution < 1.29 is 14.7 Å². The molecule has 1 heterocycles. The highest BCUT2D eigenvalue weighted by atomic mass is 16.4. The number of hydrogen-bond acceptors (Lipinski definition) is 2. The Labute approximate surface area is 111 Å². The Hall–Kier alpha value is -2.04. The fraction of sp³-hybridized carbons (Fsp3) is 0.429. The minimum Gasteiger partial charge on any atom is -0.481 e. The summed E-state index contributed by atoms with van der Waals surface area (Å²) in [6, 6.07) is 7.02. The van der Waals surface area contributed by atoms with Gasteiger partial charge in [0.15, 0.2) is 0 Å². The van der Waals surface area contributed by atoms with E-state index in [2.05, 4.69) is 5.32 Å². The molecule has 0 bridgehead atoms. The number of urea groups is 1. The van der Waals surface area contributed by atoms with Gasteiger partial charge in [0.2, 0.25) is 0 Å². The normalized spacial score (nSPS) is 21.1. The quantitative estimate of drug-likeness (QED) is 0.870. The van der Waals surface area contributed by atoms with Gasteiger partial charge in [-0.3, -0.25) is 9.69 Å². The molecule has 1 atom stereocenters. The zero-order valence-corrected chi connectivity index (χ0v) is 10.5. The summed E-state index contributed by atoms with van der Waals surface area (Å²) in [5.74, 6) is -0.898. The Morgan fingerprint density at radius 3 is 2.74 bits per heavy atom. The van der Waals surface area contributed by atoms with Crippen molar-refractivity contribution in [1.82, 2.24) is 5.32 Å². The highest BCUT2D eigenvalue weighted by Gasteiger charge is 2.36. The lowest BCUT2D eigenvalue weighted by Crippen LogP contribution is -2.40. The van der Waals surface area contributed by atoms with Crippen LogP contribution >= 0.6 is 0 Å². The second kappa shape index (κ2) is 4.57. The van der Waals surface area contributed by atoms with Crippen LogP contribution in [-0.4, -0.2) is 30.2 Å². The number of rotatable bonds is 3. The number of amides is 2. The van der Waals surface area contributed by atoms with Crippen LogP contribution in [0.4, 0.5) is 10.5 Å². The number of nitrogens with one attached hydrogen (secondary N) is 1. The topological polar surface area (TPSA) is 69.6 Å². The molecule has 1 saturated carbocycles. The van der Waals surface area contributed by atoms with Crippen LogP contribution in [0.25, 0.3) is 0 Å². The van der Waals surface area contributed by atoms with Gasteiger partial charge in [0.05, 0.1) is 0 Å². The predicted molar refractivity (Wildman–Crippen MR) is 70.3 cm³/mol. The number of para-hydroxylation sites is 1. The maximum absolute atomic E-state index is 12.1. The standard InChI is InChI=1S/C14H16N2O3/c17-13(18)11-8-16(12-4-2-1-3-10(11)12)14(19)15-7-9-5-6-9/h1-4,9,11H,5-8H2,(H,15,19)(H,17,18). The minimum absolute atomic E-state index is 0.192. The van der Waals surface area contributed by atoms with Gasteiger partial charge in [-0.05, 0) is 30.4 Å². The lowest BCUT2D eigenvalue weighted by molar-refractivity contribution is -0.138. The molecule has 5 heteroatoms. The van der Waals surface area contributed by atoms with Crippen molar-refractivity contribution in [2.45, 2.75) is 18.8 Å². The van der Waals surface area contributed by atoms with E-state index in [1.807, 2.05) is 6.07 Å². The number of aliphatic carboxylic acids is 1. The molecule has 5 nitrogen and oxygen atoms in total. The van der Waals surface area contributed by atoms with E-state index in [0.717, 1.165) is 5.56 Å². The lowest BCUT2D eigenvalue weighted by Gasteiger charge is -2.18. The van der Waals surface area contributed by atoms with Crippen LogP contribution in [0.1, 0.15) is 24.3 Å². The molecule has 1 aliphatic carbocycles. The molecule has 0 radical (unpaired) electrons. The maximum atomic E-state index is 12.1. The molecule has 1 fully saturated rings. The highest BCUT2D eigenvalue weighted by Crippen LogP contribution is 2.36. The number of carbonyl (C=O) groups excluding carboxylic acids is 1. The molecule has 1 unspecified atom stereocenters. The zero-order valence-electron chi connectivity index (χ0n) is 10.5. The third kappa shape index (κ3) is 2.28. The van der Waals surface area contributed by atoms with Crippen LogP contribution in [0.2, 0.25) is 0 Å². The molecule has 100 valence electrons. The highest BCUT2D eigenvalue weighted by molar-refractivity contribution is 5.98. The molecule has 3 rings (SSSR count). The Bertz CT molecular complexity index is 525. The molecule has 19 heavy (non-hydrogen) atoms. The van der Waals surface area contributed by atoms with Gasteiger partial charge in [-0.15, -0.1) is 0 Å². The van der Waals surface area contributed by atoms with E-state index in [0.29, 0.717) is 18.2 Å². The zero-order chi connectivity index (χ0) is 13.4. The first-order valence-corrected chi connectivity index (χ1v) is 6.54. The summed E-state index contributed by atoms with van der Waals surface area (Å²) < 4.78 is 0. The minimum atomic E-state index is -0.884. The number of benzene rings is 1. The average Bonchev–Trinajstić information content (AvgIpc) is 3.14. The number of carbonyl (C=O) groups is 2. The molecule has 2 N–H and O–H groups in total. The summed E-state index contributed by atoms with van der Waals surface area (Å²) in [6.45, 7) is 0.903. The van der Waals surface area contributed by atoms with Gasteiger partial charge in [-0.25, -0.2) is 4.79 Å². The van der Waals surface area contributed by atoms with Gasteiger partial charge in [0.1, 0.15) is 5.92 Å². The fourth-order valence-electron chi connectivity index (χ4n) is 2.46. The Balaban J connectivity index is 1.79. The van der Waals surface area contributed by atoms with Crippen LogP contribution in [0.5, 0.6) is 0 Å². The van der Waals surface area contributed by atoms with Crippen LogP contribution in [-0.2, 0) is 4.79 Å². The van der Waals surface area contributed by atoms with E-state index in [4.69, 9.17) is 0 Å². The number of carboxylic acid groups (broad SMARTS) is 1. The molecule has 0 spiro atoms. The number of carboxylic acids is 1. The van der Waals surface area contributed by atoms with Crippen molar-refractivity contribution in [1.29, 1.82) is 0 Å². The summed E-state index contributed by atoms with van der Waals surface area (Å²) in [5.41, 5.74) is 1.43. The van der Waals surface area contributed by atoms with E-state index in [-0.39, 0.29) is 12.6 Å². The smallest absolute Gasteiger partial charge is 0.321 e. The Kier molecular flexibility index (Phi) is 2.89. The van der Waals surface area contributed by atoms with Crippen molar-refractivity contribution in [3.8, 4) is 0 Å². The third-order valence-electron chi connectivity index (χ3n) is 3.75. The summed E-state index contributed by atoms with van der Waals surface area (Å²) in [5, 5.41) is 12.1. The van der Waals surface area contributed by atoms with E-state index in [9.17, 15) is 14.7 Å². The molecule has 2 amide bonds. The van der Waals surface area contributed by atoms with Gasteiger partial charge in [0.25, 0.3) is 0 Å². The first-order valence-electron chi connectivity index (χ1n) is 6.54. The van der Waals surface area contributed by atoms with Crippen molar-refractivity contribution in [3.05, 3.63) is 29.8 Å². The largest absolute Gasteiger partial charge is 0.481 e. The van der Waals surface area contributed by atoms with Gasteiger partial charge in [-0.2, -0.15) is 0 Å². The van der Waals surface area contributed by atoms with Crippen LogP contribution in [0.15, 0.2) is 24.3 Å².